The number of rotatable bonds is 2. The Hall–Kier alpha value is -2.05. The quantitative estimate of drug-likeness (QED) is 0.617. The van der Waals surface area contributed by atoms with Crippen LogP contribution in [0.3, 0.4) is 0 Å². The summed E-state index contributed by atoms with van der Waals surface area (Å²) in [7, 11) is 3.63. The number of aryl methyl sites for hydroxylation is 1. The predicted molar refractivity (Wildman–Crippen MR) is 81.2 cm³/mol. The van der Waals surface area contributed by atoms with Crippen molar-refractivity contribution in [3.8, 4) is 0 Å². The average molecular weight is 290 g/mol. The average Bonchev–Trinajstić information content (AvgIpc) is 2.98. The van der Waals surface area contributed by atoms with Gasteiger partial charge in [-0.3, -0.25) is 14.5 Å². The van der Waals surface area contributed by atoms with Crippen molar-refractivity contribution in [2.24, 2.45) is 18.0 Å². The molecule has 7 nitrogen and oxygen atoms in total. The highest BCUT2D eigenvalue weighted by Gasteiger charge is 2.35. The van der Waals surface area contributed by atoms with Gasteiger partial charge in [-0.25, -0.2) is 0 Å². The molecule has 21 heavy (non-hydrogen) atoms. The summed E-state index contributed by atoms with van der Waals surface area (Å²) >= 11 is 0. The minimum atomic E-state index is 0.0843. The first-order valence-electron chi connectivity index (χ1n) is 7.35. The molecule has 1 N–H and O–H groups in total. The lowest BCUT2D eigenvalue weighted by molar-refractivity contribution is -0.120. The second kappa shape index (κ2) is 5.38. The maximum Gasteiger partial charge on any atom is 0.246 e. The van der Waals surface area contributed by atoms with Gasteiger partial charge in [-0.15, -0.1) is 0 Å². The van der Waals surface area contributed by atoms with Crippen molar-refractivity contribution < 1.29 is 4.79 Å². The number of aliphatic imine (C=N–C) groups is 1. The van der Waals surface area contributed by atoms with Crippen LogP contribution in [-0.4, -0.2) is 59.3 Å². The zero-order chi connectivity index (χ0) is 15.0. The van der Waals surface area contributed by atoms with E-state index < -0.39 is 0 Å². The Labute approximate surface area is 124 Å². The van der Waals surface area contributed by atoms with E-state index >= 15 is 0 Å². The van der Waals surface area contributed by atoms with Crippen molar-refractivity contribution in [2.45, 2.75) is 19.4 Å². The van der Waals surface area contributed by atoms with Crippen molar-refractivity contribution in [3.63, 3.8) is 0 Å². The molecule has 1 aromatic rings. The van der Waals surface area contributed by atoms with Crippen molar-refractivity contribution in [2.75, 3.05) is 31.6 Å². The van der Waals surface area contributed by atoms with Gasteiger partial charge in [0.05, 0.1) is 11.9 Å². The summed E-state index contributed by atoms with van der Waals surface area (Å²) in [4.78, 5) is 20.5. The number of carbonyl (C=O) groups excluding carboxylic acids is 1. The molecule has 1 aliphatic heterocycles. The van der Waals surface area contributed by atoms with E-state index in [0.717, 1.165) is 18.2 Å². The molecule has 1 saturated carbocycles. The number of aromatic nitrogens is 2. The third kappa shape index (κ3) is 2.86. The normalized spacial score (nSPS) is 26.2. The fraction of sp³-hybridized carbons (Fsp3) is 0.643. The van der Waals surface area contributed by atoms with E-state index in [1.54, 1.807) is 22.8 Å². The van der Waals surface area contributed by atoms with Crippen LogP contribution in [0.2, 0.25) is 0 Å². The van der Waals surface area contributed by atoms with Gasteiger partial charge >= 0.3 is 0 Å². The summed E-state index contributed by atoms with van der Waals surface area (Å²) in [5.74, 6) is 1.62. The SMILES string of the molecule is CN=C(NC1CC1C)N1CCN(c2cnn(C)c2)C(=O)C1. The van der Waals surface area contributed by atoms with Crippen LogP contribution >= 0.6 is 0 Å². The van der Waals surface area contributed by atoms with E-state index in [-0.39, 0.29) is 5.91 Å². The van der Waals surface area contributed by atoms with Crippen LogP contribution in [0.5, 0.6) is 0 Å². The van der Waals surface area contributed by atoms with E-state index in [4.69, 9.17) is 0 Å². The molecule has 1 aliphatic carbocycles. The molecule has 2 aliphatic rings. The first-order chi connectivity index (χ1) is 10.1. The van der Waals surface area contributed by atoms with E-state index in [0.29, 0.717) is 25.0 Å². The van der Waals surface area contributed by atoms with Gasteiger partial charge in [0.15, 0.2) is 5.96 Å². The highest BCUT2D eigenvalue weighted by Crippen LogP contribution is 2.29. The third-order valence-electron chi connectivity index (χ3n) is 4.16. The lowest BCUT2D eigenvalue weighted by atomic mass is 10.3. The molecule has 2 fully saturated rings. The van der Waals surface area contributed by atoms with Crippen LogP contribution in [-0.2, 0) is 11.8 Å². The summed E-state index contributed by atoms with van der Waals surface area (Å²) < 4.78 is 1.71. The molecule has 114 valence electrons. The number of nitrogens with one attached hydrogen (secondary N) is 1. The molecule has 0 radical (unpaired) electrons. The highest BCUT2D eigenvalue weighted by atomic mass is 16.2. The molecule has 1 saturated heterocycles. The topological polar surface area (TPSA) is 65.8 Å². The smallest absolute Gasteiger partial charge is 0.246 e. The monoisotopic (exact) mass is 290 g/mol. The molecule has 0 aromatic carbocycles. The third-order valence-corrected chi connectivity index (χ3v) is 4.16. The number of anilines is 1. The maximum absolute atomic E-state index is 12.4. The molecule has 3 rings (SSSR count). The number of guanidine groups is 1. The van der Waals surface area contributed by atoms with Crippen molar-refractivity contribution in [3.05, 3.63) is 12.4 Å². The standard InChI is InChI=1S/C14H22N6O/c1-10-6-12(10)17-14(15-2)19-4-5-20(13(21)9-19)11-7-16-18(3)8-11/h7-8,10,12H,4-6,9H2,1-3H3,(H,15,17). The molecular weight excluding hydrogens is 268 g/mol. The Morgan fingerprint density at radius 1 is 1.48 bits per heavy atom. The molecule has 0 spiro atoms. The number of carbonyl (C=O) groups is 1. The first-order valence-corrected chi connectivity index (χ1v) is 7.35. The summed E-state index contributed by atoms with van der Waals surface area (Å²) in [6, 6.07) is 0.509. The minimum Gasteiger partial charge on any atom is -0.353 e. The largest absolute Gasteiger partial charge is 0.353 e. The van der Waals surface area contributed by atoms with Gasteiger partial charge in [-0.1, -0.05) is 6.92 Å². The van der Waals surface area contributed by atoms with E-state index in [2.05, 4.69) is 22.3 Å². The van der Waals surface area contributed by atoms with Gasteiger partial charge in [-0.05, 0) is 12.3 Å². The van der Waals surface area contributed by atoms with Crippen LogP contribution < -0.4 is 10.2 Å². The summed E-state index contributed by atoms with van der Waals surface area (Å²) in [5.41, 5.74) is 0.862. The zero-order valence-electron chi connectivity index (χ0n) is 12.8. The summed E-state index contributed by atoms with van der Waals surface area (Å²) in [6.07, 6.45) is 4.78. The molecule has 0 bridgehead atoms. The van der Waals surface area contributed by atoms with Gasteiger partial charge in [0.25, 0.3) is 0 Å². The Balaban J connectivity index is 1.63. The molecule has 2 unspecified atom stereocenters. The first kappa shape index (κ1) is 13.9. The van der Waals surface area contributed by atoms with Crippen molar-refractivity contribution >= 4 is 17.6 Å². The Kier molecular flexibility index (Phi) is 3.57. The van der Waals surface area contributed by atoms with Gasteiger partial charge in [0.2, 0.25) is 5.91 Å². The van der Waals surface area contributed by atoms with Crippen LogP contribution in [0, 0.1) is 5.92 Å². The summed E-state index contributed by atoms with van der Waals surface area (Å²) in [6.45, 7) is 4.01. The summed E-state index contributed by atoms with van der Waals surface area (Å²) in [5, 5.41) is 7.55. The molecule has 2 heterocycles. The molecule has 1 amide bonds. The molecule has 7 heteroatoms. The van der Waals surface area contributed by atoms with Crippen LogP contribution in [0.15, 0.2) is 17.4 Å². The molecule has 2 atom stereocenters. The Morgan fingerprint density at radius 3 is 2.76 bits per heavy atom. The van der Waals surface area contributed by atoms with Gasteiger partial charge < -0.3 is 15.1 Å². The van der Waals surface area contributed by atoms with E-state index in [1.807, 2.05) is 18.1 Å². The fourth-order valence-electron chi connectivity index (χ4n) is 2.66. The highest BCUT2D eigenvalue weighted by molar-refractivity contribution is 5.98. The van der Waals surface area contributed by atoms with Crippen LogP contribution in [0.1, 0.15) is 13.3 Å². The second-order valence-electron chi connectivity index (χ2n) is 5.85. The molecular formula is C14H22N6O. The minimum absolute atomic E-state index is 0.0843. The number of nitrogens with zero attached hydrogens (tertiary/aromatic N) is 5. The number of hydrogen-bond acceptors (Lipinski definition) is 3. The van der Waals surface area contributed by atoms with Gasteiger partial charge in [0.1, 0.15) is 6.54 Å². The molecule has 1 aromatic heterocycles. The number of amides is 1. The number of piperazine rings is 1. The number of hydrogen-bond donors (Lipinski definition) is 1. The Bertz CT molecular complexity index is 566. The van der Waals surface area contributed by atoms with Gasteiger partial charge in [-0.2, -0.15) is 5.10 Å². The zero-order valence-corrected chi connectivity index (χ0v) is 12.8. The van der Waals surface area contributed by atoms with Gasteiger partial charge in [0, 0.05) is 39.4 Å². The van der Waals surface area contributed by atoms with Crippen LogP contribution in [0.25, 0.3) is 0 Å². The predicted octanol–water partition coefficient (Wildman–Crippen LogP) is 0.0525. The lowest BCUT2D eigenvalue weighted by Crippen LogP contribution is -2.55. The van der Waals surface area contributed by atoms with Crippen molar-refractivity contribution in [1.82, 2.24) is 20.0 Å². The lowest BCUT2D eigenvalue weighted by Gasteiger charge is -2.35. The van der Waals surface area contributed by atoms with Crippen LogP contribution in [0.4, 0.5) is 5.69 Å². The Morgan fingerprint density at radius 2 is 2.24 bits per heavy atom. The van der Waals surface area contributed by atoms with E-state index in [1.165, 1.54) is 6.42 Å². The second-order valence-corrected chi connectivity index (χ2v) is 5.85. The maximum atomic E-state index is 12.4. The van der Waals surface area contributed by atoms with Crippen molar-refractivity contribution in [1.29, 1.82) is 0 Å². The fourth-order valence-corrected chi connectivity index (χ4v) is 2.66. The van der Waals surface area contributed by atoms with E-state index in [9.17, 15) is 4.79 Å².